The summed E-state index contributed by atoms with van der Waals surface area (Å²) in [5.41, 5.74) is 0.576. The predicted octanol–water partition coefficient (Wildman–Crippen LogP) is 2.76. The Morgan fingerprint density at radius 2 is 2.00 bits per heavy atom. The van der Waals surface area contributed by atoms with Crippen LogP contribution in [0.5, 0.6) is 5.75 Å². The quantitative estimate of drug-likeness (QED) is 0.812. The third kappa shape index (κ3) is 7.31. The van der Waals surface area contributed by atoms with Gasteiger partial charge in [-0.25, -0.2) is 4.79 Å². The summed E-state index contributed by atoms with van der Waals surface area (Å²) in [7, 11) is 0. The molecular formula is C17H27NO4. The maximum absolute atomic E-state index is 11.6. The first-order valence-electron chi connectivity index (χ1n) is 7.60. The molecule has 2 N–H and O–H groups in total. The lowest BCUT2D eigenvalue weighted by atomic mass is 10.0. The highest BCUT2D eigenvalue weighted by Gasteiger charge is 2.17. The smallest absolute Gasteiger partial charge is 0.407 e. The van der Waals surface area contributed by atoms with Crippen molar-refractivity contribution < 1.29 is 19.4 Å². The highest BCUT2D eigenvalue weighted by molar-refractivity contribution is 5.67. The fourth-order valence-corrected chi connectivity index (χ4v) is 1.99. The molecule has 0 aromatic heterocycles. The van der Waals surface area contributed by atoms with Gasteiger partial charge in [0.1, 0.15) is 18.0 Å². The molecule has 0 spiro atoms. The van der Waals surface area contributed by atoms with E-state index in [-0.39, 0.29) is 19.1 Å². The number of hydrogen-bond donors (Lipinski definition) is 2. The summed E-state index contributed by atoms with van der Waals surface area (Å²) >= 11 is 0. The number of rotatable bonds is 7. The number of nitrogens with one attached hydrogen (secondary N) is 1. The van der Waals surface area contributed by atoms with Gasteiger partial charge in [-0.1, -0.05) is 25.1 Å². The number of amides is 1. The summed E-state index contributed by atoms with van der Waals surface area (Å²) in [6, 6.07) is 7.74. The van der Waals surface area contributed by atoms with Crippen molar-refractivity contribution >= 4 is 6.09 Å². The van der Waals surface area contributed by atoms with E-state index in [2.05, 4.69) is 12.2 Å². The number of aliphatic hydroxyl groups is 1. The van der Waals surface area contributed by atoms with Crippen molar-refractivity contribution in [3.05, 3.63) is 29.8 Å². The molecular weight excluding hydrogens is 282 g/mol. The summed E-state index contributed by atoms with van der Waals surface area (Å²) in [5, 5.41) is 11.6. The van der Waals surface area contributed by atoms with Crippen molar-refractivity contribution in [1.29, 1.82) is 0 Å². The van der Waals surface area contributed by atoms with E-state index in [1.807, 2.05) is 45.0 Å². The van der Waals surface area contributed by atoms with Gasteiger partial charge in [0.2, 0.25) is 0 Å². The van der Waals surface area contributed by atoms with E-state index in [0.717, 1.165) is 17.7 Å². The number of ether oxygens (including phenoxy) is 2. The SMILES string of the molecule is CC(CNC(=O)OC(C)(C)C)Cc1ccccc1OCCO. The molecule has 1 aromatic rings. The molecule has 1 atom stereocenters. The first kappa shape index (κ1) is 18.3. The van der Waals surface area contributed by atoms with Crippen LogP contribution in [0.2, 0.25) is 0 Å². The van der Waals surface area contributed by atoms with Crippen molar-refractivity contribution in [2.45, 2.75) is 39.7 Å². The van der Waals surface area contributed by atoms with Gasteiger partial charge in [0, 0.05) is 6.54 Å². The molecule has 124 valence electrons. The van der Waals surface area contributed by atoms with Gasteiger partial charge in [-0.2, -0.15) is 0 Å². The first-order chi connectivity index (χ1) is 10.3. The number of hydrogen-bond acceptors (Lipinski definition) is 4. The Bertz CT molecular complexity index is 468. The normalized spacial score (nSPS) is 12.6. The van der Waals surface area contributed by atoms with E-state index in [4.69, 9.17) is 14.6 Å². The van der Waals surface area contributed by atoms with Crippen molar-refractivity contribution in [1.82, 2.24) is 5.32 Å². The zero-order chi connectivity index (χ0) is 16.6. The summed E-state index contributed by atoms with van der Waals surface area (Å²) in [5.74, 6) is 1.02. The molecule has 0 aliphatic rings. The molecule has 0 saturated heterocycles. The third-order valence-corrected chi connectivity index (χ3v) is 2.88. The minimum atomic E-state index is -0.488. The average molecular weight is 309 g/mol. The van der Waals surface area contributed by atoms with E-state index < -0.39 is 11.7 Å². The second-order valence-electron chi connectivity index (χ2n) is 6.37. The van der Waals surface area contributed by atoms with E-state index in [1.165, 1.54) is 0 Å². The van der Waals surface area contributed by atoms with Crippen LogP contribution >= 0.6 is 0 Å². The van der Waals surface area contributed by atoms with Crippen molar-refractivity contribution in [2.75, 3.05) is 19.8 Å². The van der Waals surface area contributed by atoms with Crippen LogP contribution < -0.4 is 10.1 Å². The number of para-hydroxylation sites is 1. The molecule has 0 bridgehead atoms. The van der Waals surface area contributed by atoms with Crippen LogP contribution in [0, 0.1) is 5.92 Å². The molecule has 0 radical (unpaired) electrons. The third-order valence-electron chi connectivity index (χ3n) is 2.88. The van der Waals surface area contributed by atoms with E-state index >= 15 is 0 Å². The Balaban J connectivity index is 2.48. The second kappa shape index (κ2) is 8.63. The zero-order valence-electron chi connectivity index (χ0n) is 13.9. The molecule has 5 nitrogen and oxygen atoms in total. The zero-order valence-corrected chi connectivity index (χ0v) is 13.9. The monoisotopic (exact) mass is 309 g/mol. The lowest BCUT2D eigenvalue weighted by Gasteiger charge is -2.21. The molecule has 0 heterocycles. The fourth-order valence-electron chi connectivity index (χ4n) is 1.99. The predicted molar refractivity (Wildman–Crippen MR) is 86.1 cm³/mol. The van der Waals surface area contributed by atoms with Crippen LogP contribution in [0.3, 0.4) is 0 Å². The molecule has 0 fully saturated rings. The van der Waals surface area contributed by atoms with Crippen LogP contribution in [0.1, 0.15) is 33.3 Å². The standard InChI is InChI=1S/C17H27NO4/c1-13(12-18-16(20)22-17(2,3)4)11-14-7-5-6-8-15(14)21-10-9-19/h5-8,13,19H,9-12H2,1-4H3,(H,18,20). The van der Waals surface area contributed by atoms with Crippen molar-refractivity contribution in [3.63, 3.8) is 0 Å². The number of carbonyl (C=O) groups is 1. The maximum atomic E-state index is 11.6. The van der Waals surface area contributed by atoms with Gasteiger partial charge in [-0.3, -0.25) is 0 Å². The van der Waals surface area contributed by atoms with Gasteiger partial charge in [-0.05, 0) is 44.7 Å². The van der Waals surface area contributed by atoms with Crippen LogP contribution in [-0.4, -0.2) is 36.6 Å². The number of benzene rings is 1. The Kier molecular flexibility index (Phi) is 7.18. The summed E-state index contributed by atoms with van der Waals surface area (Å²) in [6.07, 6.45) is 0.376. The van der Waals surface area contributed by atoms with Gasteiger partial charge in [0.25, 0.3) is 0 Å². The lowest BCUT2D eigenvalue weighted by molar-refractivity contribution is 0.0520. The van der Waals surface area contributed by atoms with Crippen LogP contribution in [0.15, 0.2) is 24.3 Å². The van der Waals surface area contributed by atoms with Crippen LogP contribution in [-0.2, 0) is 11.2 Å². The van der Waals surface area contributed by atoms with Gasteiger partial charge in [0.15, 0.2) is 0 Å². The van der Waals surface area contributed by atoms with Crippen LogP contribution in [0.4, 0.5) is 4.79 Å². The Morgan fingerprint density at radius 3 is 2.64 bits per heavy atom. The minimum Gasteiger partial charge on any atom is -0.491 e. The highest BCUT2D eigenvalue weighted by Crippen LogP contribution is 2.21. The second-order valence-corrected chi connectivity index (χ2v) is 6.37. The first-order valence-corrected chi connectivity index (χ1v) is 7.60. The molecule has 0 aliphatic heterocycles. The molecule has 0 aliphatic carbocycles. The van der Waals surface area contributed by atoms with Crippen molar-refractivity contribution in [2.24, 2.45) is 5.92 Å². The molecule has 0 saturated carbocycles. The highest BCUT2D eigenvalue weighted by atomic mass is 16.6. The summed E-state index contributed by atoms with van der Waals surface area (Å²) < 4.78 is 10.7. The Labute approximate surface area is 132 Å². The molecule has 1 unspecified atom stereocenters. The van der Waals surface area contributed by atoms with Crippen LogP contribution in [0.25, 0.3) is 0 Å². The molecule has 22 heavy (non-hydrogen) atoms. The lowest BCUT2D eigenvalue weighted by Crippen LogP contribution is -2.35. The van der Waals surface area contributed by atoms with E-state index in [1.54, 1.807) is 0 Å². The van der Waals surface area contributed by atoms with E-state index in [9.17, 15) is 4.79 Å². The van der Waals surface area contributed by atoms with Gasteiger partial charge in [0.05, 0.1) is 6.61 Å². The Hall–Kier alpha value is -1.75. The minimum absolute atomic E-state index is 0.00983. The van der Waals surface area contributed by atoms with Gasteiger partial charge >= 0.3 is 6.09 Å². The fraction of sp³-hybridized carbons (Fsp3) is 0.588. The molecule has 1 rings (SSSR count). The molecule has 1 aromatic carbocycles. The average Bonchev–Trinajstić information content (AvgIpc) is 2.42. The number of carbonyl (C=O) groups excluding carboxylic acids is 1. The van der Waals surface area contributed by atoms with Crippen molar-refractivity contribution in [3.8, 4) is 5.75 Å². The number of alkyl carbamates (subject to hydrolysis) is 1. The number of aliphatic hydroxyl groups excluding tert-OH is 1. The molecule has 5 heteroatoms. The molecule has 1 amide bonds. The maximum Gasteiger partial charge on any atom is 0.407 e. The Morgan fingerprint density at radius 1 is 1.32 bits per heavy atom. The summed E-state index contributed by atoms with van der Waals surface area (Å²) in [6.45, 7) is 8.37. The van der Waals surface area contributed by atoms with Gasteiger partial charge in [-0.15, -0.1) is 0 Å². The largest absolute Gasteiger partial charge is 0.491 e. The summed E-state index contributed by atoms with van der Waals surface area (Å²) in [4.78, 5) is 11.6. The topological polar surface area (TPSA) is 67.8 Å². The van der Waals surface area contributed by atoms with E-state index in [0.29, 0.717) is 6.54 Å². The van der Waals surface area contributed by atoms with Gasteiger partial charge < -0.3 is 19.9 Å².